The normalized spacial score (nSPS) is 11.1. The van der Waals surface area contributed by atoms with E-state index in [4.69, 9.17) is 28.4 Å². The number of benzene rings is 4. The molecule has 0 bridgehead atoms. The summed E-state index contributed by atoms with van der Waals surface area (Å²) >= 11 is 0. The molecular formula is C46H50O12. The fraction of sp³-hybridized carbons (Fsp3) is 0.348. The van der Waals surface area contributed by atoms with Gasteiger partial charge in [-0.15, -0.1) is 0 Å². The van der Waals surface area contributed by atoms with Crippen molar-refractivity contribution in [2.45, 2.75) is 66.7 Å². The van der Waals surface area contributed by atoms with Crippen LogP contribution in [0.4, 0.5) is 0 Å². The Hall–Kier alpha value is -6.30. The zero-order chi connectivity index (χ0) is 43.1. The molecule has 0 amide bonds. The van der Waals surface area contributed by atoms with Crippen molar-refractivity contribution in [3.05, 3.63) is 120 Å². The number of aryl methyl sites for hydroxylation is 3. The van der Waals surface area contributed by atoms with Crippen molar-refractivity contribution in [1.82, 2.24) is 0 Å². The minimum absolute atomic E-state index is 0.257. The predicted octanol–water partition coefficient (Wildman–Crippen LogP) is 7.14. The van der Waals surface area contributed by atoms with Crippen molar-refractivity contribution in [2.75, 3.05) is 41.2 Å². The second-order valence-corrected chi connectivity index (χ2v) is 14.5. The molecule has 0 aliphatic rings. The van der Waals surface area contributed by atoms with Gasteiger partial charge in [-0.3, -0.25) is 14.4 Å². The molecule has 4 rings (SSSR count). The Morgan fingerprint density at radius 3 is 1.24 bits per heavy atom. The van der Waals surface area contributed by atoms with Crippen LogP contribution in [0.3, 0.4) is 0 Å². The van der Waals surface area contributed by atoms with E-state index in [2.05, 4.69) is 13.8 Å². The molecule has 0 spiro atoms. The van der Waals surface area contributed by atoms with Gasteiger partial charge in [0.15, 0.2) is 38.7 Å². The number of esters is 3. The van der Waals surface area contributed by atoms with Gasteiger partial charge in [0.2, 0.25) is 0 Å². The van der Waals surface area contributed by atoms with E-state index in [1.807, 2.05) is 56.3 Å². The van der Waals surface area contributed by atoms with Gasteiger partial charge in [-0.05, 0) is 103 Å². The molecule has 0 atom stereocenters. The first-order chi connectivity index (χ1) is 27.5. The average molecular weight is 795 g/mol. The largest absolute Gasteiger partial charge is 0.481 e. The van der Waals surface area contributed by atoms with Crippen LogP contribution in [0.15, 0.2) is 42.5 Å². The van der Waals surface area contributed by atoms with Gasteiger partial charge in [-0.2, -0.15) is 0 Å². The molecule has 0 saturated heterocycles. The fourth-order valence-corrected chi connectivity index (χ4v) is 7.40. The predicted molar refractivity (Wildman–Crippen MR) is 216 cm³/mol. The lowest BCUT2D eigenvalue weighted by Crippen LogP contribution is -2.22. The number of methoxy groups -OCH3 is 3. The van der Waals surface area contributed by atoms with Crippen LogP contribution in [0.25, 0.3) is 0 Å². The molecule has 12 heteroatoms. The third-order valence-electron chi connectivity index (χ3n) is 10.7. The van der Waals surface area contributed by atoms with Gasteiger partial charge >= 0.3 is 17.9 Å². The van der Waals surface area contributed by atoms with Crippen LogP contribution >= 0.6 is 0 Å². The Morgan fingerprint density at radius 1 is 0.552 bits per heavy atom. The number of ether oxygens (including phenoxy) is 6. The van der Waals surface area contributed by atoms with Crippen molar-refractivity contribution in [1.29, 1.82) is 0 Å². The molecule has 58 heavy (non-hydrogen) atoms. The van der Waals surface area contributed by atoms with Crippen LogP contribution in [0.1, 0.15) is 112 Å². The Kier molecular flexibility index (Phi) is 14.4. The fourth-order valence-electron chi connectivity index (χ4n) is 7.40. The van der Waals surface area contributed by atoms with Gasteiger partial charge in [0.05, 0.1) is 38.0 Å². The number of rotatable bonds is 17. The van der Waals surface area contributed by atoms with Gasteiger partial charge in [-0.25, -0.2) is 14.4 Å². The van der Waals surface area contributed by atoms with Crippen molar-refractivity contribution >= 4 is 36.8 Å². The van der Waals surface area contributed by atoms with E-state index in [9.17, 15) is 28.8 Å². The van der Waals surface area contributed by atoms with Crippen LogP contribution < -0.4 is 14.2 Å². The van der Waals surface area contributed by atoms with Crippen molar-refractivity contribution < 1.29 is 57.2 Å². The summed E-state index contributed by atoms with van der Waals surface area (Å²) in [5.41, 5.74) is 8.21. The van der Waals surface area contributed by atoms with E-state index >= 15 is 0 Å². The van der Waals surface area contributed by atoms with Crippen LogP contribution in [-0.4, -0.2) is 77.9 Å². The van der Waals surface area contributed by atoms with E-state index in [0.717, 1.165) is 34.1 Å². The molecular weight excluding hydrogens is 744 g/mol. The molecule has 0 heterocycles. The minimum Gasteiger partial charge on any atom is -0.481 e. The standard InChI is InChI=1S/C46H50O12/c1-25-16-33(28(4)35(19-47)43(25)56-22-39(50)53-9)42(34-17-26(2)44(36(20-48)29(34)5)57-23-40(51)54-10)31-12-14-32(15-13-31)46(7,8)38-18-27(3)45(37(21-49)30(38)6)58-24-41(52)55-11/h12-21,42H,22-24H2,1-11H3. The molecule has 0 fully saturated rings. The quantitative estimate of drug-likeness (QED) is 0.0461. The summed E-state index contributed by atoms with van der Waals surface area (Å²) in [5.74, 6) is -1.47. The van der Waals surface area contributed by atoms with Gasteiger partial charge in [0.1, 0.15) is 17.2 Å². The van der Waals surface area contributed by atoms with Crippen molar-refractivity contribution in [3.8, 4) is 17.2 Å². The maximum Gasteiger partial charge on any atom is 0.343 e. The Labute approximate surface area is 338 Å². The minimum atomic E-state index is -0.618. The number of carbonyl (C=O) groups is 6. The number of hydrogen-bond donors (Lipinski definition) is 0. The van der Waals surface area contributed by atoms with Gasteiger partial charge in [-0.1, -0.05) is 56.3 Å². The number of aldehydes is 3. The molecule has 0 unspecified atom stereocenters. The first kappa shape index (κ1) is 44.4. The topological polar surface area (TPSA) is 158 Å². The lowest BCUT2D eigenvalue weighted by Gasteiger charge is -2.31. The molecule has 4 aromatic rings. The maximum absolute atomic E-state index is 12.7. The summed E-state index contributed by atoms with van der Waals surface area (Å²) in [5, 5.41) is 0. The van der Waals surface area contributed by atoms with E-state index in [1.165, 1.54) is 21.3 Å². The number of hydrogen-bond acceptors (Lipinski definition) is 12. The summed E-state index contributed by atoms with van der Waals surface area (Å²) in [7, 11) is 3.76. The highest BCUT2D eigenvalue weighted by Crippen LogP contribution is 2.44. The van der Waals surface area contributed by atoms with Crippen LogP contribution in [-0.2, 0) is 34.0 Å². The molecule has 306 valence electrons. The number of carbonyl (C=O) groups excluding carboxylic acids is 6. The zero-order valence-electron chi connectivity index (χ0n) is 34.9. The maximum atomic E-state index is 12.7. The lowest BCUT2D eigenvalue weighted by atomic mass is 9.73. The molecule has 0 radical (unpaired) electrons. The highest BCUT2D eigenvalue weighted by atomic mass is 16.6. The first-order valence-electron chi connectivity index (χ1n) is 18.5. The second kappa shape index (κ2) is 18.8. The molecule has 0 saturated carbocycles. The summed E-state index contributed by atoms with van der Waals surface area (Å²) in [6.07, 6.45) is 2.13. The Balaban J connectivity index is 1.95. The average Bonchev–Trinajstić information content (AvgIpc) is 3.21. The van der Waals surface area contributed by atoms with Gasteiger partial charge < -0.3 is 28.4 Å². The molecule has 0 aromatic heterocycles. The highest BCUT2D eigenvalue weighted by Gasteiger charge is 2.31. The summed E-state index contributed by atoms with van der Waals surface area (Å²) in [6, 6.07) is 13.8. The van der Waals surface area contributed by atoms with Crippen LogP contribution in [0.5, 0.6) is 17.2 Å². The van der Waals surface area contributed by atoms with Gasteiger partial charge in [0.25, 0.3) is 0 Å². The molecule has 4 aromatic carbocycles. The third-order valence-corrected chi connectivity index (χ3v) is 10.7. The monoisotopic (exact) mass is 794 g/mol. The molecule has 0 N–H and O–H groups in total. The van der Waals surface area contributed by atoms with E-state index in [1.54, 1.807) is 27.7 Å². The SMILES string of the molecule is COC(=O)COc1c(C)cc(C(c2ccc(C(C)(C)c3cc(C)c(OCC(=O)OC)c(C=O)c3C)cc2)c2cc(C)c(OCC(=O)OC)c(C=O)c2C)c(C)c1C=O. The lowest BCUT2D eigenvalue weighted by molar-refractivity contribution is -0.143. The summed E-state index contributed by atoms with van der Waals surface area (Å²) in [4.78, 5) is 73.6. The van der Waals surface area contributed by atoms with Crippen LogP contribution in [0.2, 0.25) is 0 Å². The van der Waals surface area contributed by atoms with E-state index in [0.29, 0.717) is 57.3 Å². The molecule has 0 aliphatic heterocycles. The summed E-state index contributed by atoms with van der Waals surface area (Å²) < 4.78 is 31.5. The Bertz CT molecular complexity index is 2160. The smallest absolute Gasteiger partial charge is 0.343 e. The Morgan fingerprint density at radius 2 is 0.897 bits per heavy atom. The van der Waals surface area contributed by atoms with Crippen LogP contribution in [0, 0.1) is 41.5 Å². The first-order valence-corrected chi connectivity index (χ1v) is 18.5. The van der Waals surface area contributed by atoms with E-state index in [-0.39, 0.29) is 42.4 Å². The third kappa shape index (κ3) is 8.96. The zero-order valence-corrected chi connectivity index (χ0v) is 34.9. The van der Waals surface area contributed by atoms with Crippen molar-refractivity contribution in [2.24, 2.45) is 0 Å². The highest BCUT2D eigenvalue weighted by molar-refractivity contribution is 5.87. The van der Waals surface area contributed by atoms with Crippen molar-refractivity contribution in [3.63, 3.8) is 0 Å². The molecule has 0 aliphatic carbocycles. The van der Waals surface area contributed by atoms with Gasteiger partial charge in [0, 0.05) is 11.3 Å². The van der Waals surface area contributed by atoms with E-state index < -0.39 is 29.2 Å². The second-order valence-electron chi connectivity index (χ2n) is 14.5. The summed E-state index contributed by atoms with van der Waals surface area (Å²) in [6.45, 7) is 13.8. The molecule has 12 nitrogen and oxygen atoms in total.